The van der Waals surface area contributed by atoms with Crippen LogP contribution in [0.15, 0.2) is 18.2 Å². The minimum absolute atomic E-state index is 0.0328. The van der Waals surface area contributed by atoms with E-state index in [0.29, 0.717) is 19.7 Å². The maximum absolute atomic E-state index is 11.0. The maximum Gasteiger partial charge on any atom is 0.148 e. The van der Waals surface area contributed by atoms with Crippen LogP contribution in [0.2, 0.25) is 0 Å². The van der Waals surface area contributed by atoms with Crippen LogP contribution in [0, 0.1) is 6.92 Å². The number of hydrogen-bond donors (Lipinski definition) is 1. The Morgan fingerprint density at radius 3 is 2.43 bits per heavy atom. The fraction of sp³-hybridized carbons (Fsp3) is 0.625. The van der Waals surface area contributed by atoms with Crippen molar-refractivity contribution in [1.29, 1.82) is 0 Å². The van der Waals surface area contributed by atoms with Gasteiger partial charge in [0.25, 0.3) is 0 Å². The molecule has 1 aromatic rings. The summed E-state index contributed by atoms with van der Waals surface area (Å²) in [5, 5.41) is 3.08. The Morgan fingerprint density at radius 1 is 1.19 bits per heavy atom. The van der Waals surface area contributed by atoms with Crippen molar-refractivity contribution in [2.75, 3.05) is 31.7 Å². The standard InChI is InChI=1S/C16H27NO3S/c1-13-6-7-15(14(12-13)16(2,3)4)20-10-8-17-9-11-21(5,18)19/h6-7,12,17H,8-11H2,1-5H3. The van der Waals surface area contributed by atoms with Gasteiger partial charge in [0, 0.05) is 19.3 Å². The molecular formula is C16H27NO3S. The smallest absolute Gasteiger partial charge is 0.148 e. The highest BCUT2D eigenvalue weighted by atomic mass is 32.2. The molecule has 0 bridgehead atoms. The van der Waals surface area contributed by atoms with E-state index in [1.807, 2.05) is 12.1 Å². The van der Waals surface area contributed by atoms with E-state index in [1.165, 1.54) is 17.4 Å². The Morgan fingerprint density at radius 2 is 1.86 bits per heavy atom. The van der Waals surface area contributed by atoms with Crippen molar-refractivity contribution in [1.82, 2.24) is 5.32 Å². The van der Waals surface area contributed by atoms with Crippen molar-refractivity contribution in [2.24, 2.45) is 0 Å². The quantitative estimate of drug-likeness (QED) is 0.785. The summed E-state index contributed by atoms with van der Waals surface area (Å²) in [6.07, 6.45) is 1.24. The summed E-state index contributed by atoms with van der Waals surface area (Å²) in [6, 6.07) is 6.21. The third kappa shape index (κ3) is 6.96. The third-order valence-electron chi connectivity index (χ3n) is 3.13. The minimum atomic E-state index is -2.90. The second kappa shape index (κ2) is 7.27. The van der Waals surface area contributed by atoms with Crippen LogP contribution in [-0.4, -0.2) is 40.1 Å². The topological polar surface area (TPSA) is 55.4 Å². The fourth-order valence-corrected chi connectivity index (χ4v) is 2.49. The molecule has 0 saturated heterocycles. The predicted molar refractivity (Wildman–Crippen MR) is 88.0 cm³/mol. The van der Waals surface area contributed by atoms with Crippen LogP contribution in [0.1, 0.15) is 31.9 Å². The number of ether oxygens (including phenoxy) is 1. The maximum atomic E-state index is 11.0. The van der Waals surface area contributed by atoms with Gasteiger partial charge in [0.15, 0.2) is 0 Å². The van der Waals surface area contributed by atoms with Gasteiger partial charge in [0.2, 0.25) is 0 Å². The highest BCUT2D eigenvalue weighted by molar-refractivity contribution is 7.90. The normalized spacial score (nSPS) is 12.4. The van der Waals surface area contributed by atoms with Crippen LogP contribution in [0.5, 0.6) is 5.75 Å². The average molecular weight is 313 g/mol. The molecule has 1 rings (SSSR count). The van der Waals surface area contributed by atoms with E-state index in [1.54, 1.807) is 0 Å². The van der Waals surface area contributed by atoms with Gasteiger partial charge >= 0.3 is 0 Å². The Kier molecular flexibility index (Phi) is 6.23. The van der Waals surface area contributed by atoms with Gasteiger partial charge in [-0.3, -0.25) is 0 Å². The predicted octanol–water partition coefficient (Wildman–Crippen LogP) is 2.31. The fourth-order valence-electron chi connectivity index (χ4n) is 1.97. The van der Waals surface area contributed by atoms with Gasteiger partial charge in [-0.1, -0.05) is 38.5 Å². The zero-order valence-corrected chi connectivity index (χ0v) is 14.5. The van der Waals surface area contributed by atoms with Crippen LogP contribution >= 0.6 is 0 Å². The zero-order valence-electron chi connectivity index (χ0n) is 13.7. The summed E-state index contributed by atoms with van der Waals surface area (Å²) in [7, 11) is -2.90. The molecule has 0 aliphatic rings. The molecule has 0 radical (unpaired) electrons. The van der Waals surface area contributed by atoms with Crippen molar-refractivity contribution in [3.05, 3.63) is 29.3 Å². The monoisotopic (exact) mass is 313 g/mol. The van der Waals surface area contributed by atoms with Crippen molar-refractivity contribution in [2.45, 2.75) is 33.1 Å². The molecule has 0 aliphatic carbocycles. The molecule has 0 aliphatic heterocycles. The molecule has 0 amide bonds. The molecule has 0 aromatic heterocycles. The van der Waals surface area contributed by atoms with Crippen LogP contribution in [0.3, 0.4) is 0 Å². The first-order valence-electron chi connectivity index (χ1n) is 7.22. The molecule has 4 nitrogen and oxygen atoms in total. The van der Waals surface area contributed by atoms with Gasteiger partial charge < -0.3 is 10.1 Å². The Labute approximate surface area is 128 Å². The lowest BCUT2D eigenvalue weighted by molar-refractivity contribution is 0.307. The van der Waals surface area contributed by atoms with Crippen LogP contribution in [-0.2, 0) is 15.3 Å². The second-order valence-corrected chi connectivity index (χ2v) is 8.74. The highest BCUT2D eigenvalue weighted by Gasteiger charge is 2.19. The van der Waals surface area contributed by atoms with Gasteiger partial charge in [-0.15, -0.1) is 0 Å². The van der Waals surface area contributed by atoms with Crippen molar-refractivity contribution in [3.8, 4) is 5.75 Å². The lowest BCUT2D eigenvalue weighted by Gasteiger charge is -2.23. The second-order valence-electron chi connectivity index (χ2n) is 6.48. The molecule has 0 spiro atoms. The lowest BCUT2D eigenvalue weighted by Crippen LogP contribution is -2.27. The zero-order chi connectivity index (χ0) is 16.1. The van der Waals surface area contributed by atoms with E-state index >= 15 is 0 Å². The van der Waals surface area contributed by atoms with Crippen LogP contribution in [0.25, 0.3) is 0 Å². The van der Waals surface area contributed by atoms with E-state index in [0.717, 1.165) is 5.75 Å². The van der Waals surface area contributed by atoms with Gasteiger partial charge in [-0.05, 0) is 24.0 Å². The van der Waals surface area contributed by atoms with Gasteiger partial charge in [0.1, 0.15) is 22.2 Å². The largest absolute Gasteiger partial charge is 0.492 e. The van der Waals surface area contributed by atoms with Gasteiger partial charge in [-0.25, -0.2) is 8.42 Å². The summed E-state index contributed by atoms with van der Waals surface area (Å²) >= 11 is 0. The number of hydrogen-bond acceptors (Lipinski definition) is 4. The van der Waals surface area contributed by atoms with E-state index in [2.05, 4.69) is 39.1 Å². The van der Waals surface area contributed by atoms with E-state index < -0.39 is 9.84 Å². The summed E-state index contributed by atoms with van der Waals surface area (Å²) < 4.78 is 27.8. The molecule has 120 valence electrons. The first-order chi connectivity index (χ1) is 9.59. The minimum Gasteiger partial charge on any atom is -0.492 e. The van der Waals surface area contributed by atoms with Crippen molar-refractivity contribution in [3.63, 3.8) is 0 Å². The average Bonchev–Trinajstić information content (AvgIpc) is 2.32. The number of sulfone groups is 1. The third-order valence-corrected chi connectivity index (χ3v) is 4.07. The first kappa shape index (κ1) is 18.0. The molecule has 0 saturated carbocycles. The van der Waals surface area contributed by atoms with E-state index in [-0.39, 0.29) is 11.2 Å². The molecule has 0 heterocycles. The first-order valence-corrected chi connectivity index (χ1v) is 9.28. The molecule has 1 aromatic carbocycles. The Bertz CT molecular complexity index is 559. The molecular weight excluding hydrogens is 286 g/mol. The highest BCUT2D eigenvalue weighted by Crippen LogP contribution is 2.31. The molecule has 21 heavy (non-hydrogen) atoms. The van der Waals surface area contributed by atoms with E-state index in [4.69, 9.17) is 4.74 Å². The number of benzene rings is 1. The lowest BCUT2D eigenvalue weighted by atomic mass is 9.85. The summed E-state index contributed by atoms with van der Waals surface area (Å²) in [6.45, 7) is 10.2. The molecule has 0 fully saturated rings. The van der Waals surface area contributed by atoms with Crippen LogP contribution in [0.4, 0.5) is 0 Å². The molecule has 0 atom stereocenters. The SMILES string of the molecule is Cc1ccc(OCCNCCS(C)(=O)=O)c(C(C)(C)C)c1. The number of aryl methyl sites for hydroxylation is 1. The van der Waals surface area contributed by atoms with Gasteiger partial charge in [-0.2, -0.15) is 0 Å². The summed E-state index contributed by atoms with van der Waals surface area (Å²) in [5.74, 6) is 1.06. The number of nitrogens with one attached hydrogen (secondary N) is 1. The Hall–Kier alpha value is -1.07. The van der Waals surface area contributed by atoms with Crippen molar-refractivity contribution < 1.29 is 13.2 Å². The molecule has 1 N–H and O–H groups in total. The number of rotatable bonds is 7. The van der Waals surface area contributed by atoms with Crippen LogP contribution < -0.4 is 10.1 Å². The molecule has 5 heteroatoms. The van der Waals surface area contributed by atoms with Gasteiger partial charge in [0.05, 0.1) is 5.75 Å². The van der Waals surface area contributed by atoms with E-state index in [9.17, 15) is 8.42 Å². The summed E-state index contributed by atoms with van der Waals surface area (Å²) in [5.41, 5.74) is 2.45. The summed E-state index contributed by atoms with van der Waals surface area (Å²) in [4.78, 5) is 0. The molecule has 0 unspecified atom stereocenters. The van der Waals surface area contributed by atoms with Crippen molar-refractivity contribution >= 4 is 9.84 Å². The Balaban J connectivity index is 2.49.